The van der Waals surface area contributed by atoms with Crippen LogP contribution in [0.1, 0.15) is 13.8 Å². The van der Waals surface area contributed by atoms with E-state index in [-0.39, 0.29) is 5.75 Å². The minimum atomic E-state index is -1.40. The molecular formula is C13H19Cl2NO2S. The Morgan fingerprint density at radius 1 is 1.26 bits per heavy atom. The van der Waals surface area contributed by atoms with Crippen LogP contribution in [0, 0.1) is 5.92 Å². The maximum atomic E-state index is 12.1. The van der Waals surface area contributed by atoms with Crippen molar-refractivity contribution in [3.8, 4) is 0 Å². The zero-order chi connectivity index (χ0) is 14.4. The number of hydrogen-bond acceptors (Lipinski definition) is 3. The lowest BCUT2D eigenvalue weighted by molar-refractivity contribution is 0.193. The maximum Gasteiger partial charge on any atom is 0.0783 e. The van der Waals surface area contributed by atoms with Crippen LogP contribution in [0.25, 0.3) is 0 Å². The van der Waals surface area contributed by atoms with Gasteiger partial charge in [-0.3, -0.25) is 4.21 Å². The molecule has 0 aliphatic carbocycles. The molecule has 2 unspecified atom stereocenters. The summed E-state index contributed by atoms with van der Waals surface area (Å²) in [6.45, 7) is 5.39. The van der Waals surface area contributed by atoms with Crippen molar-refractivity contribution in [3.05, 3.63) is 28.2 Å². The molecule has 1 aromatic rings. The molecule has 0 aromatic heterocycles. The number of nitrogens with one attached hydrogen (secondary N) is 1. The zero-order valence-corrected chi connectivity index (χ0v) is 13.4. The SMILES string of the molecule is CC(C)CNCC(O)CS(=O)c1c(Cl)cccc1Cl. The normalized spacial score (nSPS) is 14.6. The van der Waals surface area contributed by atoms with E-state index in [2.05, 4.69) is 19.2 Å². The van der Waals surface area contributed by atoms with E-state index in [1.165, 1.54) is 0 Å². The van der Waals surface area contributed by atoms with Crippen molar-refractivity contribution in [2.45, 2.75) is 24.8 Å². The van der Waals surface area contributed by atoms with E-state index in [1.54, 1.807) is 18.2 Å². The fourth-order valence-electron chi connectivity index (χ4n) is 1.56. The minimum Gasteiger partial charge on any atom is -0.391 e. The Kier molecular flexibility index (Phi) is 7.32. The highest BCUT2D eigenvalue weighted by molar-refractivity contribution is 7.85. The summed E-state index contributed by atoms with van der Waals surface area (Å²) in [4.78, 5) is 0.397. The van der Waals surface area contributed by atoms with Crippen LogP contribution < -0.4 is 5.32 Å². The van der Waals surface area contributed by atoms with Crippen LogP contribution >= 0.6 is 23.2 Å². The quantitative estimate of drug-likeness (QED) is 0.811. The van der Waals surface area contributed by atoms with Crippen LogP contribution in [0.15, 0.2) is 23.1 Å². The number of halogens is 2. The molecule has 19 heavy (non-hydrogen) atoms. The van der Waals surface area contributed by atoms with Gasteiger partial charge in [-0.05, 0) is 24.6 Å². The third-order valence-electron chi connectivity index (χ3n) is 2.42. The summed E-state index contributed by atoms with van der Waals surface area (Å²) in [6, 6.07) is 4.99. The largest absolute Gasteiger partial charge is 0.391 e. The molecular weight excluding hydrogens is 305 g/mol. The number of aliphatic hydroxyl groups excluding tert-OH is 1. The van der Waals surface area contributed by atoms with Crippen molar-refractivity contribution in [1.82, 2.24) is 5.32 Å². The Morgan fingerprint density at radius 3 is 2.37 bits per heavy atom. The van der Waals surface area contributed by atoms with E-state index in [4.69, 9.17) is 23.2 Å². The molecule has 3 nitrogen and oxygen atoms in total. The van der Waals surface area contributed by atoms with E-state index >= 15 is 0 Å². The first-order valence-corrected chi connectivity index (χ1v) is 8.20. The van der Waals surface area contributed by atoms with E-state index in [0.29, 0.717) is 27.4 Å². The van der Waals surface area contributed by atoms with Crippen molar-refractivity contribution < 1.29 is 9.32 Å². The molecule has 6 heteroatoms. The van der Waals surface area contributed by atoms with Gasteiger partial charge in [0.05, 0.1) is 37.6 Å². The minimum absolute atomic E-state index is 0.120. The van der Waals surface area contributed by atoms with Crippen LogP contribution in [0.4, 0.5) is 0 Å². The molecule has 0 saturated heterocycles. The van der Waals surface area contributed by atoms with Crippen molar-refractivity contribution >= 4 is 34.0 Å². The number of aliphatic hydroxyl groups is 1. The first-order chi connectivity index (χ1) is 8.91. The van der Waals surface area contributed by atoms with E-state index in [9.17, 15) is 9.32 Å². The van der Waals surface area contributed by atoms with E-state index in [0.717, 1.165) is 6.54 Å². The molecule has 0 bridgehead atoms. The molecule has 0 aliphatic heterocycles. The Morgan fingerprint density at radius 2 is 1.84 bits per heavy atom. The van der Waals surface area contributed by atoms with Crippen molar-refractivity contribution in [3.63, 3.8) is 0 Å². The van der Waals surface area contributed by atoms with Gasteiger partial charge in [0.15, 0.2) is 0 Å². The second kappa shape index (κ2) is 8.22. The van der Waals surface area contributed by atoms with Crippen molar-refractivity contribution in [2.24, 2.45) is 5.92 Å². The Balaban J connectivity index is 2.55. The molecule has 1 aromatic carbocycles. The summed E-state index contributed by atoms with van der Waals surface area (Å²) < 4.78 is 12.1. The van der Waals surface area contributed by atoms with Gasteiger partial charge in [0.2, 0.25) is 0 Å². The zero-order valence-electron chi connectivity index (χ0n) is 11.0. The van der Waals surface area contributed by atoms with E-state index in [1.807, 2.05) is 0 Å². The van der Waals surface area contributed by atoms with Crippen molar-refractivity contribution in [1.29, 1.82) is 0 Å². The van der Waals surface area contributed by atoms with Gasteiger partial charge < -0.3 is 10.4 Å². The summed E-state index contributed by atoms with van der Waals surface area (Å²) in [5, 5.41) is 13.7. The smallest absolute Gasteiger partial charge is 0.0783 e. The van der Waals surface area contributed by atoms with Crippen LogP contribution in [-0.2, 0) is 10.8 Å². The number of benzene rings is 1. The fourth-order valence-corrected chi connectivity index (χ4v) is 3.67. The molecule has 2 atom stereocenters. The number of hydrogen-bond donors (Lipinski definition) is 2. The molecule has 1 rings (SSSR count). The second-order valence-electron chi connectivity index (χ2n) is 4.77. The first kappa shape index (κ1) is 16.9. The average Bonchev–Trinajstić information content (AvgIpc) is 2.27. The maximum absolute atomic E-state index is 12.1. The predicted molar refractivity (Wildman–Crippen MR) is 81.5 cm³/mol. The standard InChI is InChI=1S/C13H19Cl2NO2S/c1-9(2)6-16-7-10(17)8-19(18)13-11(14)4-3-5-12(13)15/h3-5,9-10,16-17H,6-8H2,1-2H3. The summed E-state index contributed by atoms with van der Waals surface area (Å²) in [5.74, 6) is 0.630. The highest BCUT2D eigenvalue weighted by Gasteiger charge is 2.16. The fraction of sp³-hybridized carbons (Fsp3) is 0.538. The second-order valence-corrected chi connectivity index (χ2v) is 7.02. The van der Waals surface area contributed by atoms with Gasteiger partial charge in [0.25, 0.3) is 0 Å². The molecule has 2 N–H and O–H groups in total. The Hall–Kier alpha value is -0.130. The monoisotopic (exact) mass is 323 g/mol. The van der Waals surface area contributed by atoms with Crippen LogP contribution in [0.5, 0.6) is 0 Å². The Bertz CT molecular complexity index is 420. The predicted octanol–water partition coefficient (Wildman–Crippen LogP) is 2.71. The molecule has 0 spiro atoms. The lowest BCUT2D eigenvalue weighted by Gasteiger charge is -2.14. The highest BCUT2D eigenvalue weighted by atomic mass is 35.5. The summed E-state index contributed by atoms with van der Waals surface area (Å²) in [6.07, 6.45) is -0.688. The molecule has 108 valence electrons. The van der Waals surface area contributed by atoms with Gasteiger partial charge in [0.1, 0.15) is 0 Å². The highest BCUT2D eigenvalue weighted by Crippen LogP contribution is 2.27. The van der Waals surface area contributed by atoms with Gasteiger partial charge in [-0.15, -0.1) is 0 Å². The molecule has 0 saturated carbocycles. The summed E-state index contributed by atoms with van der Waals surface area (Å²) >= 11 is 12.0. The van der Waals surface area contributed by atoms with Crippen LogP contribution in [-0.4, -0.2) is 34.3 Å². The lowest BCUT2D eigenvalue weighted by atomic mass is 10.2. The van der Waals surface area contributed by atoms with Gasteiger partial charge in [-0.2, -0.15) is 0 Å². The molecule has 0 radical (unpaired) electrons. The third kappa shape index (κ3) is 5.79. The summed E-state index contributed by atoms with van der Waals surface area (Å²) in [7, 11) is -1.40. The molecule has 0 aliphatic rings. The van der Waals surface area contributed by atoms with Gasteiger partial charge in [-0.25, -0.2) is 0 Å². The van der Waals surface area contributed by atoms with Gasteiger partial charge in [0, 0.05) is 6.54 Å². The summed E-state index contributed by atoms with van der Waals surface area (Å²) in [5.41, 5.74) is 0. The van der Waals surface area contributed by atoms with Crippen LogP contribution in [0.2, 0.25) is 10.0 Å². The number of rotatable bonds is 7. The van der Waals surface area contributed by atoms with E-state index < -0.39 is 16.9 Å². The molecule has 0 fully saturated rings. The average molecular weight is 324 g/mol. The lowest BCUT2D eigenvalue weighted by Crippen LogP contribution is -2.33. The molecule has 0 heterocycles. The Labute approximate surface area is 126 Å². The third-order valence-corrected chi connectivity index (χ3v) is 4.86. The van der Waals surface area contributed by atoms with Gasteiger partial charge >= 0.3 is 0 Å². The molecule has 0 amide bonds. The van der Waals surface area contributed by atoms with Gasteiger partial charge in [-0.1, -0.05) is 43.1 Å². The first-order valence-electron chi connectivity index (χ1n) is 6.13. The topological polar surface area (TPSA) is 49.3 Å². The van der Waals surface area contributed by atoms with Crippen molar-refractivity contribution in [2.75, 3.05) is 18.8 Å². The van der Waals surface area contributed by atoms with Crippen LogP contribution in [0.3, 0.4) is 0 Å².